The lowest BCUT2D eigenvalue weighted by Gasteiger charge is -2.18. The van der Waals surface area contributed by atoms with Gasteiger partial charge in [0.15, 0.2) is 6.10 Å². The van der Waals surface area contributed by atoms with Gasteiger partial charge in [0.2, 0.25) is 0 Å². The smallest absolute Gasteiger partial charge is 0.306 e. The molecule has 0 saturated carbocycles. The van der Waals surface area contributed by atoms with Crippen LogP contribution in [0, 0.1) is 0 Å². The lowest BCUT2D eigenvalue weighted by Crippen LogP contribution is -2.30. The Morgan fingerprint density at radius 2 is 0.482 bits per heavy atom. The number of allylic oxidation sites excluding steroid dienone is 16. The van der Waals surface area contributed by atoms with Crippen LogP contribution >= 0.6 is 0 Å². The van der Waals surface area contributed by atoms with E-state index in [0.29, 0.717) is 19.3 Å². The molecular formula is C77H134O6. The van der Waals surface area contributed by atoms with Crippen molar-refractivity contribution in [1.29, 1.82) is 0 Å². The summed E-state index contributed by atoms with van der Waals surface area (Å²) < 4.78 is 16.9. The minimum atomic E-state index is -0.790. The number of carbonyl (C=O) groups excluding carboxylic acids is 3. The fraction of sp³-hybridized carbons (Fsp3) is 0.753. The largest absolute Gasteiger partial charge is 0.462 e. The van der Waals surface area contributed by atoms with Crippen molar-refractivity contribution in [2.75, 3.05) is 13.2 Å². The number of carbonyl (C=O) groups is 3. The van der Waals surface area contributed by atoms with Crippen molar-refractivity contribution in [3.8, 4) is 0 Å². The molecule has 0 aromatic carbocycles. The van der Waals surface area contributed by atoms with Crippen LogP contribution in [0.25, 0.3) is 0 Å². The quantitative estimate of drug-likeness (QED) is 0.0261. The maximum absolute atomic E-state index is 13.0. The van der Waals surface area contributed by atoms with Gasteiger partial charge >= 0.3 is 17.9 Å². The molecule has 0 fully saturated rings. The molecule has 1 atom stereocenters. The SMILES string of the molecule is CC/C=C\C/C=C\C/C=C\C/C=C\C/C=C\C/C=C\C/C=C\CCCCCCCC(=O)OCC(COC(=O)CCCCCCC/C=C\CCCC)OC(=O)CCCCCCCCCCCCCCCCCCCCCCCCCCCCC. The summed E-state index contributed by atoms with van der Waals surface area (Å²) in [5.41, 5.74) is 0. The zero-order chi connectivity index (χ0) is 59.9. The van der Waals surface area contributed by atoms with Crippen molar-refractivity contribution in [2.24, 2.45) is 0 Å². The van der Waals surface area contributed by atoms with Crippen LogP contribution in [0.2, 0.25) is 0 Å². The molecule has 0 rings (SSSR count). The molecule has 0 aliphatic carbocycles. The molecule has 0 aliphatic heterocycles. The van der Waals surface area contributed by atoms with Gasteiger partial charge in [-0.15, -0.1) is 0 Å². The van der Waals surface area contributed by atoms with E-state index in [9.17, 15) is 14.4 Å². The zero-order valence-electron chi connectivity index (χ0n) is 54.9. The van der Waals surface area contributed by atoms with Crippen molar-refractivity contribution in [2.45, 2.75) is 361 Å². The highest BCUT2D eigenvalue weighted by Crippen LogP contribution is 2.18. The first-order valence-electron chi connectivity index (χ1n) is 35.7. The Balaban J connectivity index is 4.25. The average Bonchev–Trinajstić information content (AvgIpc) is 3.48. The highest BCUT2D eigenvalue weighted by Gasteiger charge is 2.19. The van der Waals surface area contributed by atoms with Crippen LogP contribution in [-0.2, 0) is 28.6 Å². The van der Waals surface area contributed by atoms with Gasteiger partial charge < -0.3 is 14.2 Å². The summed E-state index contributed by atoms with van der Waals surface area (Å²) in [5, 5.41) is 0. The van der Waals surface area contributed by atoms with Gasteiger partial charge in [0, 0.05) is 19.3 Å². The van der Waals surface area contributed by atoms with Crippen LogP contribution in [-0.4, -0.2) is 37.2 Å². The number of esters is 3. The predicted molar refractivity (Wildman–Crippen MR) is 362 cm³/mol. The van der Waals surface area contributed by atoms with Crippen molar-refractivity contribution in [3.63, 3.8) is 0 Å². The van der Waals surface area contributed by atoms with Gasteiger partial charge in [0.25, 0.3) is 0 Å². The number of ether oxygens (including phenoxy) is 3. The summed E-state index contributed by atoms with van der Waals surface area (Å²) in [5.74, 6) is -0.899. The Hall–Kier alpha value is -3.67. The molecule has 0 N–H and O–H groups in total. The molecule has 0 spiro atoms. The third-order valence-corrected chi connectivity index (χ3v) is 15.6. The van der Waals surface area contributed by atoms with E-state index in [-0.39, 0.29) is 31.1 Å². The highest BCUT2D eigenvalue weighted by atomic mass is 16.6. The first-order chi connectivity index (χ1) is 41.0. The second-order valence-electron chi connectivity index (χ2n) is 23.8. The van der Waals surface area contributed by atoms with E-state index in [4.69, 9.17) is 14.2 Å². The first-order valence-corrected chi connectivity index (χ1v) is 35.7. The number of hydrogen-bond donors (Lipinski definition) is 0. The van der Waals surface area contributed by atoms with Gasteiger partial charge in [0.05, 0.1) is 0 Å². The summed E-state index contributed by atoms with van der Waals surface area (Å²) in [6.45, 7) is 6.51. The van der Waals surface area contributed by atoms with Crippen molar-refractivity contribution < 1.29 is 28.6 Å². The van der Waals surface area contributed by atoms with E-state index < -0.39 is 6.10 Å². The van der Waals surface area contributed by atoms with E-state index in [0.717, 1.165) is 128 Å². The number of unbranched alkanes of at least 4 members (excludes halogenated alkanes) is 38. The molecule has 0 bridgehead atoms. The Bertz CT molecular complexity index is 1610. The van der Waals surface area contributed by atoms with E-state index in [2.05, 4.69) is 118 Å². The minimum Gasteiger partial charge on any atom is -0.462 e. The van der Waals surface area contributed by atoms with Crippen LogP contribution in [0.15, 0.2) is 97.2 Å². The van der Waals surface area contributed by atoms with Gasteiger partial charge in [-0.25, -0.2) is 0 Å². The molecule has 478 valence electrons. The lowest BCUT2D eigenvalue weighted by atomic mass is 10.0. The van der Waals surface area contributed by atoms with Crippen molar-refractivity contribution >= 4 is 17.9 Å². The molecule has 0 aromatic rings. The molecule has 1 unspecified atom stereocenters. The fourth-order valence-corrected chi connectivity index (χ4v) is 10.2. The second kappa shape index (κ2) is 70.8. The Labute approximate surface area is 515 Å². The standard InChI is InChI=1S/C77H134O6/c1-4-7-10-13-16-19-22-24-26-28-30-32-34-36-38-40-42-44-46-48-50-52-55-58-61-64-67-70-76(79)82-73-74(72-81-75(78)69-66-63-60-57-54-21-18-15-12-9-6-3)83-77(80)71-68-65-62-59-56-53-51-49-47-45-43-41-39-37-35-33-31-29-27-25-23-20-17-14-11-8-5-2/h7,10,15-16,18-19,24,26,30,32,36,38,42,44,48,50,74H,4-6,8-9,11-14,17,20-23,25,27-29,31,33-35,37,39-41,43,45-47,49,51-73H2,1-3H3/b10-7-,18-15-,19-16-,26-24-,32-30-,38-36-,44-42-,50-48-. The summed E-state index contributed by atoms with van der Waals surface area (Å²) in [6, 6.07) is 0. The molecule has 6 nitrogen and oxygen atoms in total. The molecule has 0 aromatic heterocycles. The maximum Gasteiger partial charge on any atom is 0.306 e. The van der Waals surface area contributed by atoms with Gasteiger partial charge in [0.1, 0.15) is 13.2 Å². The molecule has 0 aliphatic rings. The summed E-state index contributed by atoms with van der Waals surface area (Å²) in [6.07, 6.45) is 95.9. The predicted octanol–water partition coefficient (Wildman–Crippen LogP) is 24.8. The fourth-order valence-electron chi connectivity index (χ4n) is 10.2. The Morgan fingerprint density at radius 1 is 0.253 bits per heavy atom. The molecule has 6 heteroatoms. The number of rotatable bonds is 65. The van der Waals surface area contributed by atoms with Crippen molar-refractivity contribution in [3.05, 3.63) is 97.2 Å². The average molecular weight is 1160 g/mol. The van der Waals surface area contributed by atoms with Crippen LogP contribution in [0.5, 0.6) is 0 Å². The Kier molecular flexibility index (Phi) is 67.7. The number of hydrogen-bond acceptors (Lipinski definition) is 6. The third-order valence-electron chi connectivity index (χ3n) is 15.6. The molecule has 0 amide bonds. The van der Waals surface area contributed by atoms with Gasteiger partial charge in [-0.2, -0.15) is 0 Å². The summed E-state index contributed by atoms with van der Waals surface area (Å²) in [7, 11) is 0. The zero-order valence-corrected chi connectivity index (χ0v) is 54.9. The van der Waals surface area contributed by atoms with E-state index >= 15 is 0 Å². The normalized spacial score (nSPS) is 12.7. The van der Waals surface area contributed by atoms with E-state index in [1.54, 1.807) is 0 Å². The summed E-state index contributed by atoms with van der Waals surface area (Å²) in [4.78, 5) is 38.4. The van der Waals surface area contributed by atoms with Gasteiger partial charge in [-0.1, -0.05) is 336 Å². The van der Waals surface area contributed by atoms with Crippen LogP contribution in [0.4, 0.5) is 0 Å². The topological polar surface area (TPSA) is 78.9 Å². The second-order valence-corrected chi connectivity index (χ2v) is 23.8. The lowest BCUT2D eigenvalue weighted by molar-refractivity contribution is -0.167. The molecule has 0 heterocycles. The van der Waals surface area contributed by atoms with Gasteiger partial charge in [-0.05, 0) is 96.3 Å². The Morgan fingerprint density at radius 3 is 0.783 bits per heavy atom. The maximum atomic E-state index is 13.0. The minimum absolute atomic E-state index is 0.0857. The van der Waals surface area contributed by atoms with Crippen LogP contribution in [0.3, 0.4) is 0 Å². The molecular weight excluding hydrogens is 1020 g/mol. The van der Waals surface area contributed by atoms with E-state index in [1.165, 1.54) is 186 Å². The van der Waals surface area contributed by atoms with Gasteiger partial charge in [-0.3, -0.25) is 14.4 Å². The monoisotopic (exact) mass is 1160 g/mol. The first kappa shape index (κ1) is 79.3. The molecule has 0 saturated heterocycles. The van der Waals surface area contributed by atoms with Crippen LogP contribution < -0.4 is 0 Å². The van der Waals surface area contributed by atoms with E-state index in [1.807, 2.05) is 0 Å². The van der Waals surface area contributed by atoms with Crippen molar-refractivity contribution in [1.82, 2.24) is 0 Å². The molecule has 83 heavy (non-hydrogen) atoms. The summed E-state index contributed by atoms with van der Waals surface area (Å²) >= 11 is 0. The highest BCUT2D eigenvalue weighted by molar-refractivity contribution is 5.71. The molecule has 0 radical (unpaired) electrons. The third kappa shape index (κ3) is 69.0. The van der Waals surface area contributed by atoms with Crippen LogP contribution in [0.1, 0.15) is 355 Å².